The van der Waals surface area contributed by atoms with E-state index in [1.54, 1.807) is 0 Å². The molecular weight excluding hydrogens is 638 g/mol. The number of nitrogens with one attached hydrogen (secondary N) is 4. The van der Waals surface area contributed by atoms with Gasteiger partial charge in [-0.3, -0.25) is 0 Å². The molecule has 4 aliphatic rings. The Morgan fingerprint density at radius 1 is 1.14 bits per heavy atom. The number of aliphatic hydroxyl groups excluding tert-OH is 1. The van der Waals surface area contributed by atoms with Gasteiger partial charge in [-0.25, -0.2) is 0 Å². The van der Waals surface area contributed by atoms with Gasteiger partial charge in [0.25, 0.3) is 0 Å². The number of aliphatic hydroxyl groups is 1. The Bertz CT molecular complexity index is 1820. The van der Waals surface area contributed by atoms with E-state index in [0.29, 0.717) is 17.8 Å². The number of hydrogen-bond donors (Lipinski definition) is 11. The second kappa shape index (κ2) is 10.1. The van der Waals surface area contributed by atoms with E-state index in [2.05, 4.69) is 36.3 Å². The van der Waals surface area contributed by atoms with E-state index in [1.807, 2.05) is 0 Å². The van der Waals surface area contributed by atoms with Gasteiger partial charge >= 0.3 is 243 Å². The normalized spacial score (nSPS) is 26.9. The summed E-state index contributed by atoms with van der Waals surface area (Å²) in [6, 6.07) is 0. The summed E-state index contributed by atoms with van der Waals surface area (Å²) in [7, 11) is -10.5. The zero-order chi connectivity index (χ0) is 31.0. The molecule has 12 N–H and O–H groups in total. The van der Waals surface area contributed by atoms with Gasteiger partial charge in [0.05, 0.1) is 0 Å². The Morgan fingerprint density at radius 3 is 2.77 bits per heavy atom. The van der Waals surface area contributed by atoms with Crippen LogP contribution in [0.5, 0.6) is 11.5 Å². The van der Waals surface area contributed by atoms with Crippen molar-refractivity contribution in [3.8, 4) is 17.4 Å². The molecule has 3 aromatic heterocycles. The van der Waals surface area contributed by atoms with E-state index in [9.17, 15) is 34.6 Å². The van der Waals surface area contributed by atoms with E-state index < -0.39 is 75.4 Å². The van der Waals surface area contributed by atoms with Crippen molar-refractivity contribution in [3.05, 3.63) is 57.6 Å². The summed E-state index contributed by atoms with van der Waals surface area (Å²) >= 11 is 0. The SMILES string of the molecule is NC1=C2NCN(C3=C4O[PH](O)(O)OCc5oc(-n6cnc7c(=O)[nH]nnc76)c(O)c5O[PH](O)(O)O/C=C(/O3)[C@H]4O)C2NCN1. The number of hydrogen-bond acceptors (Lipinski definition) is 21. The van der Waals surface area contributed by atoms with Crippen molar-refractivity contribution in [3.63, 3.8) is 0 Å². The predicted molar refractivity (Wildman–Crippen MR) is 142 cm³/mol. The molecule has 0 aromatic carbocycles. The van der Waals surface area contributed by atoms with Crippen LogP contribution in [0.3, 0.4) is 0 Å². The summed E-state index contributed by atoms with van der Waals surface area (Å²) in [6.45, 7) is -0.587. The fraction of sp³-hybridized carbons (Fsp3) is 0.263. The zero-order valence-electron chi connectivity index (χ0n) is 21.8. The zero-order valence-corrected chi connectivity index (χ0v) is 23.8. The van der Waals surface area contributed by atoms with Crippen LogP contribution in [0.15, 0.2) is 50.7 Å². The van der Waals surface area contributed by atoms with E-state index >= 15 is 0 Å². The predicted octanol–water partition coefficient (Wildman–Crippen LogP) is -3.60. The van der Waals surface area contributed by atoms with Crippen molar-refractivity contribution in [2.24, 2.45) is 5.73 Å². The third-order valence-electron chi connectivity index (χ3n) is 6.65. The number of nitrogens with zero attached hydrogens (tertiary/aromatic N) is 5. The van der Waals surface area contributed by atoms with Crippen LogP contribution in [-0.4, -0.2) is 85.3 Å². The quantitative estimate of drug-likeness (QED) is 0.118. The molecule has 3 aromatic rings. The molecule has 2 bridgehead atoms. The minimum atomic E-state index is -5.29. The number of ether oxygens (including phenoxy) is 1. The number of imidazole rings is 1. The van der Waals surface area contributed by atoms with Crippen molar-refractivity contribution >= 4 is 27.5 Å². The van der Waals surface area contributed by atoms with Gasteiger partial charge in [-0.05, 0) is 0 Å². The molecule has 4 aliphatic heterocycles. The van der Waals surface area contributed by atoms with E-state index in [0.717, 1.165) is 10.9 Å². The van der Waals surface area contributed by atoms with Gasteiger partial charge in [-0.2, -0.15) is 0 Å². The first-order valence-electron chi connectivity index (χ1n) is 12.4. The molecule has 1 unspecified atom stereocenters. The van der Waals surface area contributed by atoms with Crippen LogP contribution in [0.1, 0.15) is 5.76 Å². The van der Waals surface area contributed by atoms with E-state index in [1.165, 1.54) is 4.90 Å². The van der Waals surface area contributed by atoms with Crippen LogP contribution in [0, 0.1) is 0 Å². The minimum absolute atomic E-state index is 0.0590. The summed E-state index contributed by atoms with van der Waals surface area (Å²) < 4.78 is 33.1. The molecule has 7 heterocycles. The second-order valence-electron chi connectivity index (χ2n) is 9.43. The van der Waals surface area contributed by atoms with Gasteiger partial charge in [0.15, 0.2) is 0 Å². The average Bonchev–Trinajstić information content (AvgIpc) is 3.73. The first-order chi connectivity index (χ1) is 20.9. The van der Waals surface area contributed by atoms with Crippen molar-refractivity contribution in [2.45, 2.75) is 18.9 Å². The monoisotopic (exact) mass is 662 g/mol. The van der Waals surface area contributed by atoms with Crippen LogP contribution in [0.4, 0.5) is 0 Å². The molecule has 0 saturated carbocycles. The van der Waals surface area contributed by atoms with Gasteiger partial charge in [0.2, 0.25) is 0 Å². The summed E-state index contributed by atoms with van der Waals surface area (Å²) in [6.07, 6.45) is -0.791. The number of H-pyrrole nitrogens is 1. The maximum atomic E-state index is 12.0. The maximum absolute atomic E-state index is 12.0. The van der Waals surface area contributed by atoms with Gasteiger partial charge in [0.1, 0.15) is 0 Å². The van der Waals surface area contributed by atoms with E-state index in [4.69, 9.17) is 33.0 Å². The summed E-state index contributed by atoms with van der Waals surface area (Å²) in [5, 5.41) is 40.2. The van der Waals surface area contributed by atoms with Gasteiger partial charge in [-0.15, -0.1) is 0 Å². The molecule has 1 fully saturated rings. The van der Waals surface area contributed by atoms with Crippen molar-refractivity contribution in [1.82, 2.24) is 45.8 Å². The molecule has 0 radical (unpaired) electrons. The molecule has 1 saturated heterocycles. The van der Waals surface area contributed by atoms with Crippen LogP contribution in [0.2, 0.25) is 0 Å². The van der Waals surface area contributed by atoms with Crippen molar-refractivity contribution < 1.29 is 57.0 Å². The van der Waals surface area contributed by atoms with Crippen molar-refractivity contribution in [2.75, 3.05) is 13.3 Å². The van der Waals surface area contributed by atoms with Crippen LogP contribution in [-0.2, 0) is 24.9 Å². The Kier molecular flexibility index (Phi) is 6.47. The number of fused-ring (bicyclic) bond motifs is 5. The van der Waals surface area contributed by atoms with E-state index in [-0.39, 0.29) is 30.4 Å². The van der Waals surface area contributed by atoms with Crippen LogP contribution < -0.4 is 31.8 Å². The fourth-order valence-electron chi connectivity index (χ4n) is 4.69. The van der Waals surface area contributed by atoms with Gasteiger partial charge in [0, 0.05) is 0 Å². The molecule has 23 nitrogen and oxygen atoms in total. The summed E-state index contributed by atoms with van der Waals surface area (Å²) in [5.41, 5.74) is 5.49. The standard InChI is InChI=1S/C19H24N10O13P2/c20-14-8-15(22-3-21-14)28(4-23-8)19-13-10(30)6(39-19)1-37-43(33,34)41-12-7(2-38-44(35,36)42-13)40-18(11(12)31)29-5-24-9-16(29)25-27-26-17(9)32/h1,5,10,15,21-23,30-31,33-36,43-44H,2-4,20H2,(H,25,26,32)/b6-1+/t10-,15?/m1/s1. The van der Waals surface area contributed by atoms with Gasteiger partial charge in [-0.1, -0.05) is 0 Å². The topological polar surface area (TPSA) is 322 Å². The molecule has 0 spiro atoms. The van der Waals surface area contributed by atoms with Crippen molar-refractivity contribution in [1.29, 1.82) is 0 Å². The number of aromatic amines is 1. The Hall–Kier alpha value is -4.44. The third kappa shape index (κ3) is 4.68. The molecule has 2 atom stereocenters. The second-order valence-corrected chi connectivity index (χ2v) is 12.6. The Morgan fingerprint density at radius 2 is 1.95 bits per heavy atom. The molecule has 238 valence electrons. The van der Waals surface area contributed by atoms with Gasteiger partial charge < -0.3 is 0 Å². The third-order valence-corrected chi connectivity index (χ3v) is 8.56. The number of aromatic hydroxyl groups is 1. The molecule has 0 amide bonds. The number of furan rings is 1. The molecule has 7 rings (SSSR count). The first kappa shape index (κ1) is 28.3. The number of rotatable bonds is 2. The molecule has 44 heavy (non-hydrogen) atoms. The molecule has 0 aliphatic carbocycles. The number of aromatic nitrogens is 5. The number of nitrogens with two attached hydrogens (primary N) is 1. The molecule has 25 heteroatoms. The fourth-order valence-corrected chi connectivity index (χ4v) is 6.35. The average molecular weight is 662 g/mol. The Labute approximate surface area is 243 Å². The summed E-state index contributed by atoms with van der Waals surface area (Å²) in [5.74, 6) is -3.49. The molecular formula is C19H24N10O13P2. The Balaban J connectivity index is 1.27. The summed E-state index contributed by atoms with van der Waals surface area (Å²) in [4.78, 5) is 60.2. The first-order valence-corrected chi connectivity index (χ1v) is 15.8. The van der Waals surface area contributed by atoms with Crippen LogP contribution in [0.25, 0.3) is 17.0 Å². The van der Waals surface area contributed by atoms with Crippen LogP contribution >= 0.6 is 16.3 Å².